The number of aromatic nitrogens is 2. The Morgan fingerprint density at radius 1 is 1.15 bits per heavy atom. The van der Waals surface area contributed by atoms with Crippen LogP contribution in [0.5, 0.6) is 0 Å². The normalized spacial score (nSPS) is 15.0. The maximum atomic E-state index is 12.9. The molecule has 1 aromatic carbocycles. The zero-order valence-electron chi connectivity index (χ0n) is 15.3. The van der Waals surface area contributed by atoms with Gasteiger partial charge in [0.15, 0.2) is 5.56 Å². The van der Waals surface area contributed by atoms with E-state index in [-0.39, 0.29) is 17.5 Å². The smallest absolute Gasteiger partial charge is 0.332 e. The van der Waals surface area contributed by atoms with Crippen LogP contribution in [0.1, 0.15) is 24.0 Å². The molecule has 1 aliphatic heterocycles. The van der Waals surface area contributed by atoms with Gasteiger partial charge in [0, 0.05) is 27.2 Å². The summed E-state index contributed by atoms with van der Waals surface area (Å²) in [6.07, 6.45) is 1.44. The molecule has 0 N–H and O–H groups in total. The van der Waals surface area contributed by atoms with Gasteiger partial charge in [-0.25, -0.2) is 9.18 Å². The highest BCUT2D eigenvalue weighted by molar-refractivity contribution is 5.53. The molecule has 7 nitrogen and oxygen atoms in total. The van der Waals surface area contributed by atoms with Crippen LogP contribution in [0.2, 0.25) is 0 Å². The van der Waals surface area contributed by atoms with E-state index >= 15 is 0 Å². The average molecular weight is 372 g/mol. The highest BCUT2D eigenvalue weighted by atomic mass is 19.1. The molecule has 2 aromatic rings. The third-order valence-corrected chi connectivity index (χ3v) is 4.89. The quantitative estimate of drug-likeness (QED) is 0.808. The van der Waals surface area contributed by atoms with Crippen molar-refractivity contribution < 1.29 is 9.13 Å². The van der Waals surface area contributed by atoms with Gasteiger partial charge in [-0.3, -0.25) is 13.9 Å². The molecule has 27 heavy (non-hydrogen) atoms. The zero-order chi connectivity index (χ0) is 19.6. The fourth-order valence-corrected chi connectivity index (χ4v) is 3.33. The Hall–Kier alpha value is -2.92. The summed E-state index contributed by atoms with van der Waals surface area (Å²) in [7, 11) is 2.93. The summed E-state index contributed by atoms with van der Waals surface area (Å²) in [5.74, 6) is 0.0857. The van der Waals surface area contributed by atoms with Crippen LogP contribution in [0.15, 0.2) is 33.9 Å². The van der Waals surface area contributed by atoms with Gasteiger partial charge in [0.05, 0.1) is 12.7 Å². The van der Waals surface area contributed by atoms with Crippen LogP contribution in [0.25, 0.3) is 0 Å². The van der Waals surface area contributed by atoms with Crippen LogP contribution in [0.3, 0.4) is 0 Å². The molecule has 2 heterocycles. The third-order valence-electron chi connectivity index (χ3n) is 4.89. The first kappa shape index (κ1) is 18.9. The molecule has 0 spiro atoms. The number of rotatable bonds is 4. The van der Waals surface area contributed by atoms with Crippen LogP contribution in [-0.2, 0) is 25.4 Å². The van der Waals surface area contributed by atoms with E-state index in [9.17, 15) is 19.2 Å². The molecule has 8 heteroatoms. The van der Waals surface area contributed by atoms with Gasteiger partial charge in [0.1, 0.15) is 17.7 Å². The number of nitrogens with zero attached hydrogens (tertiary/aromatic N) is 4. The molecule has 0 bridgehead atoms. The molecule has 0 amide bonds. The molecule has 1 aliphatic rings. The van der Waals surface area contributed by atoms with E-state index in [2.05, 4.69) is 0 Å². The molecule has 0 radical (unpaired) electrons. The van der Waals surface area contributed by atoms with Gasteiger partial charge in [-0.2, -0.15) is 5.26 Å². The summed E-state index contributed by atoms with van der Waals surface area (Å²) in [6.45, 7) is 1.55. The van der Waals surface area contributed by atoms with E-state index in [0.717, 1.165) is 10.1 Å². The first-order valence-corrected chi connectivity index (χ1v) is 8.73. The average Bonchev–Trinajstić information content (AvgIpc) is 2.69. The summed E-state index contributed by atoms with van der Waals surface area (Å²) < 4.78 is 21.1. The highest BCUT2D eigenvalue weighted by Crippen LogP contribution is 2.22. The lowest BCUT2D eigenvalue weighted by molar-refractivity contribution is 0.0249. The Morgan fingerprint density at radius 3 is 2.37 bits per heavy atom. The highest BCUT2D eigenvalue weighted by Gasteiger charge is 2.26. The Kier molecular flexibility index (Phi) is 5.42. The summed E-state index contributed by atoms with van der Waals surface area (Å²) in [4.78, 5) is 26.3. The lowest BCUT2D eigenvalue weighted by atomic mass is 10.1. The Bertz CT molecular complexity index is 980. The second kappa shape index (κ2) is 7.76. The first-order valence-electron chi connectivity index (χ1n) is 8.73. The molecule has 1 aromatic heterocycles. The van der Waals surface area contributed by atoms with E-state index in [1.54, 1.807) is 19.2 Å². The fourth-order valence-electron chi connectivity index (χ4n) is 3.33. The minimum Gasteiger partial charge on any atom is -0.373 e. The van der Waals surface area contributed by atoms with E-state index < -0.39 is 11.2 Å². The van der Waals surface area contributed by atoms with Gasteiger partial charge in [-0.15, -0.1) is 0 Å². The van der Waals surface area contributed by atoms with Crippen molar-refractivity contribution in [1.29, 1.82) is 5.26 Å². The Labute approximate surface area is 155 Å². The second-order valence-corrected chi connectivity index (χ2v) is 6.64. The number of benzene rings is 1. The van der Waals surface area contributed by atoms with E-state index in [0.29, 0.717) is 38.4 Å². The van der Waals surface area contributed by atoms with Gasteiger partial charge < -0.3 is 9.64 Å². The van der Waals surface area contributed by atoms with Crippen molar-refractivity contribution in [1.82, 2.24) is 9.13 Å². The molecule has 142 valence electrons. The van der Waals surface area contributed by atoms with Crippen molar-refractivity contribution in [2.75, 3.05) is 18.0 Å². The van der Waals surface area contributed by atoms with Crippen LogP contribution < -0.4 is 16.1 Å². The van der Waals surface area contributed by atoms with Gasteiger partial charge in [-0.1, -0.05) is 12.1 Å². The summed E-state index contributed by atoms with van der Waals surface area (Å²) in [6, 6.07) is 8.13. The van der Waals surface area contributed by atoms with Crippen molar-refractivity contribution >= 4 is 5.82 Å². The van der Waals surface area contributed by atoms with Crippen LogP contribution in [0.4, 0.5) is 10.2 Å². The molecule has 0 saturated carbocycles. The molecular weight excluding hydrogens is 351 g/mol. The van der Waals surface area contributed by atoms with E-state index in [1.165, 1.54) is 23.7 Å². The van der Waals surface area contributed by atoms with Gasteiger partial charge in [0.2, 0.25) is 0 Å². The molecule has 0 aliphatic carbocycles. The maximum Gasteiger partial charge on any atom is 0.332 e. The molecule has 3 rings (SSSR count). The number of halogens is 1. The molecule has 1 fully saturated rings. The Balaban J connectivity index is 1.69. The molecule has 0 unspecified atom stereocenters. The van der Waals surface area contributed by atoms with Gasteiger partial charge in [-0.05, 0) is 30.5 Å². The number of anilines is 1. The molecule has 0 atom stereocenters. The van der Waals surface area contributed by atoms with Crippen molar-refractivity contribution in [3.8, 4) is 6.07 Å². The third kappa shape index (κ3) is 3.78. The van der Waals surface area contributed by atoms with Gasteiger partial charge in [0.25, 0.3) is 5.56 Å². The standard InChI is InChI=1S/C19H21FN4O3/c1-22-17(16(11-21)18(25)23(2)19(22)26)24-9-7-15(8-10-24)27-12-13-3-5-14(20)6-4-13/h3-6,15H,7-10,12H2,1-2H3. The van der Waals surface area contributed by atoms with Crippen molar-refractivity contribution in [3.63, 3.8) is 0 Å². The van der Waals surface area contributed by atoms with Crippen LogP contribution >= 0.6 is 0 Å². The van der Waals surface area contributed by atoms with Crippen molar-refractivity contribution in [3.05, 3.63) is 62.0 Å². The van der Waals surface area contributed by atoms with Crippen molar-refractivity contribution in [2.45, 2.75) is 25.6 Å². The second-order valence-electron chi connectivity index (χ2n) is 6.64. The lowest BCUT2D eigenvalue weighted by Gasteiger charge is -2.34. The largest absolute Gasteiger partial charge is 0.373 e. The minimum atomic E-state index is -0.578. The molecule has 1 saturated heterocycles. The Morgan fingerprint density at radius 2 is 1.78 bits per heavy atom. The fraction of sp³-hybridized carbons (Fsp3) is 0.421. The van der Waals surface area contributed by atoms with Crippen LogP contribution in [0, 0.1) is 17.1 Å². The van der Waals surface area contributed by atoms with Crippen LogP contribution in [-0.4, -0.2) is 28.3 Å². The summed E-state index contributed by atoms with van der Waals surface area (Å²) in [5, 5.41) is 9.39. The van der Waals surface area contributed by atoms with E-state index in [1.807, 2.05) is 11.0 Å². The predicted octanol–water partition coefficient (Wildman–Crippen LogP) is 1.28. The number of hydrogen-bond acceptors (Lipinski definition) is 5. The first-order chi connectivity index (χ1) is 12.9. The van der Waals surface area contributed by atoms with Crippen molar-refractivity contribution in [2.24, 2.45) is 14.1 Å². The number of nitriles is 1. The minimum absolute atomic E-state index is 0.0229. The zero-order valence-corrected chi connectivity index (χ0v) is 15.3. The summed E-state index contributed by atoms with van der Waals surface area (Å²) in [5.41, 5.74) is -0.154. The SMILES string of the molecule is Cn1c(N2CCC(OCc3ccc(F)cc3)CC2)c(C#N)c(=O)n(C)c1=O. The number of hydrogen-bond donors (Lipinski definition) is 0. The monoisotopic (exact) mass is 372 g/mol. The number of ether oxygens (including phenoxy) is 1. The maximum absolute atomic E-state index is 12.9. The lowest BCUT2D eigenvalue weighted by Crippen LogP contribution is -2.45. The predicted molar refractivity (Wildman–Crippen MR) is 98.1 cm³/mol. The van der Waals surface area contributed by atoms with E-state index in [4.69, 9.17) is 4.74 Å². The van der Waals surface area contributed by atoms with Gasteiger partial charge >= 0.3 is 5.69 Å². The summed E-state index contributed by atoms with van der Waals surface area (Å²) >= 11 is 0. The topological polar surface area (TPSA) is 80.3 Å². The molecular formula is C19H21FN4O3. The number of piperidine rings is 1.